The molecule has 0 amide bonds. The van der Waals surface area contributed by atoms with Gasteiger partial charge in [-0.3, -0.25) is 0 Å². The van der Waals surface area contributed by atoms with Gasteiger partial charge in [-0.15, -0.1) is 0 Å². The average Bonchev–Trinajstić information content (AvgIpc) is 2.79. The maximum absolute atomic E-state index is 11.3. The highest BCUT2D eigenvalue weighted by Crippen LogP contribution is 2.40. The number of aliphatic hydroxyl groups excluding tert-OH is 1. The van der Waals surface area contributed by atoms with Crippen LogP contribution in [-0.2, 0) is 14.3 Å². The monoisotopic (exact) mass is 318 g/mol. The standard InChI is InChI=1S/C19H26O4/c1-13-6-5-9-19(3,4)16(13)8-7-15(11-20)12-22-17-10-14(2)18(21)23-17/h7-8,10,12,17,20H,5-6,9,11H2,1-4H3/b8-7+,15-12+/t17-/m1/s1. The molecule has 0 saturated heterocycles. The Morgan fingerprint density at radius 3 is 2.78 bits per heavy atom. The van der Waals surface area contributed by atoms with Crippen LogP contribution in [0.25, 0.3) is 0 Å². The van der Waals surface area contributed by atoms with Crippen LogP contribution in [0.2, 0.25) is 0 Å². The van der Waals surface area contributed by atoms with Crippen LogP contribution >= 0.6 is 0 Å². The molecule has 0 aromatic rings. The van der Waals surface area contributed by atoms with Gasteiger partial charge in [-0.1, -0.05) is 31.6 Å². The van der Waals surface area contributed by atoms with Gasteiger partial charge in [-0.2, -0.15) is 0 Å². The lowest BCUT2D eigenvalue weighted by Crippen LogP contribution is -2.19. The molecule has 1 heterocycles. The second-order valence-electron chi connectivity index (χ2n) is 6.88. The number of hydrogen-bond donors (Lipinski definition) is 1. The zero-order chi connectivity index (χ0) is 17.0. The van der Waals surface area contributed by atoms with Crippen molar-refractivity contribution in [3.05, 3.63) is 46.8 Å². The molecule has 0 unspecified atom stereocenters. The molecular formula is C19H26O4. The summed E-state index contributed by atoms with van der Waals surface area (Å²) in [6.45, 7) is 8.22. The molecule has 0 aromatic carbocycles. The molecule has 1 N–H and O–H groups in total. The van der Waals surface area contributed by atoms with Gasteiger partial charge in [0, 0.05) is 17.2 Å². The predicted octanol–water partition coefficient (Wildman–Crippen LogP) is 3.79. The topological polar surface area (TPSA) is 55.8 Å². The van der Waals surface area contributed by atoms with E-state index < -0.39 is 6.29 Å². The van der Waals surface area contributed by atoms with E-state index in [9.17, 15) is 9.90 Å². The molecule has 1 atom stereocenters. The van der Waals surface area contributed by atoms with Crippen LogP contribution in [0.4, 0.5) is 0 Å². The van der Waals surface area contributed by atoms with Crippen LogP contribution in [0.5, 0.6) is 0 Å². The fraction of sp³-hybridized carbons (Fsp3) is 0.526. The van der Waals surface area contributed by atoms with Gasteiger partial charge < -0.3 is 14.6 Å². The van der Waals surface area contributed by atoms with E-state index in [1.54, 1.807) is 13.0 Å². The molecule has 0 bridgehead atoms. The van der Waals surface area contributed by atoms with Crippen molar-refractivity contribution in [1.82, 2.24) is 0 Å². The SMILES string of the molecule is CC1=C[C@H](O/C=C(\C=C\C2=C(C)CCCC2(C)C)CO)OC1=O. The van der Waals surface area contributed by atoms with Crippen molar-refractivity contribution >= 4 is 5.97 Å². The average molecular weight is 318 g/mol. The number of cyclic esters (lactones) is 1. The Morgan fingerprint density at radius 1 is 1.48 bits per heavy atom. The van der Waals surface area contributed by atoms with Gasteiger partial charge in [0.1, 0.15) is 0 Å². The minimum Gasteiger partial charge on any atom is -0.458 e. The maximum atomic E-state index is 11.3. The predicted molar refractivity (Wildman–Crippen MR) is 89.4 cm³/mol. The highest BCUT2D eigenvalue weighted by molar-refractivity contribution is 5.89. The van der Waals surface area contributed by atoms with Crippen LogP contribution in [0.3, 0.4) is 0 Å². The molecule has 1 aliphatic heterocycles. The molecule has 2 rings (SSSR count). The summed E-state index contributed by atoms with van der Waals surface area (Å²) >= 11 is 0. The lowest BCUT2D eigenvalue weighted by molar-refractivity contribution is -0.152. The molecule has 0 spiro atoms. The van der Waals surface area contributed by atoms with Crippen molar-refractivity contribution in [2.45, 2.75) is 53.2 Å². The van der Waals surface area contributed by atoms with Crippen molar-refractivity contribution in [1.29, 1.82) is 0 Å². The molecule has 0 radical (unpaired) electrons. The molecule has 23 heavy (non-hydrogen) atoms. The third kappa shape index (κ3) is 4.35. The number of esters is 1. The summed E-state index contributed by atoms with van der Waals surface area (Å²) in [5.41, 5.74) is 4.06. The number of aliphatic hydroxyl groups is 1. The van der Waals surface area contributed by atoms with E-state index in [2.05, 4.69) is 26.8 Å². The van der Waals surface area contributed by atoms with Crippen molar-refractivity contribution in [2.75, 3.05) is 6.61 Å². The summed E-state index contributed by atoms with van der Waals surface area (Å²) < 4.78 is 10.4. The number of allylic oxidation sites excluding steroid dienone is 3. The van der Waals surface area contributed by atoms with E-state index >= 15 is 0 Å². The molecule has 2 aliphatic rings. The summed E-state index contributed by atoms with van der Waals surface area (Å²) in [4.78, 5) is 11.3. The normalized spacial score (nSPS) is 24.9. The zero-order valence-corrected chi connectivity index (χ0v) is 14.4. The van der Waals surface area contributed by atoms with Gasteiger partial charge in [0.2, 0.25) is 0 Å². The first-order valence-corrected chi connectivity index (χ1v) is 8.06. The van der Waals surface area contributed by atoms with Crippen LogP contribution < -0.4 is 0 Å². The summed E-state index contributed by atoms with van der Waals surface area (Å²) in [5.74, 6) is -0.366. The first kappa shape index (κ1) is 17.5. The summed E-state index contributed by atoms with van der Waals surface area (Å²) in [6, 6.07) is 0. The number of carbonyl (C=O) groups excluding carboxylic acids is 1. The Morgan fingerprint density at radius 2 is 2.22 bits per heavy atom. The highest BCUT2D eigenvalue weighted by Gasteiger charge is 2.26. The quantitative estimate of drug-likeness (QED) is 0.476. The van der Waals surface area contributed by atoms with E-state index in [-0.39, 0.29) is 18.0 Å². The van der Waals surface area contributed by atoms with Crippen molar-refractivity contribution in [3.63, 3.8) is 0 Å². The zero-order valence-electron chi connectivity index (χ0n) is 14.4. The summed E-state index contributed by atoms with van der Waals surface area (Å²) in [6.07, 6.45) is 9.83. The lowest BCUT2D eigenvalue weighted by Gasteiger charge is -2.33. The number of ether oxygens (including phenoxy) is 2. The molecule has 0 fully saturated rings. The van der Waals surface area contributed by atoms with Gasteiger partial charge >= 0.3 is 5.97 Å². The first-order chi connectivity index (χ1) is 10.8. The Balaban J connectivity index is 2.07. The van der Waals surface area contributed by atoms with Crippen molar-refractivity contribution in [2.24, 2.45) is 5.41 Å². The van der Waals surface area contributed by atoms with Gasteiger partial charge in [0.05, 0.1) is 12.9 Å². The van der Waals surface area contributed by atoms with E-state index in [0.29, 0.717) is 11.1 Å². The van der Waals surface area contributed by atoms with Gasteiger partial charge in [0.15, 0.2) is 0 Å². The molecular weight excluding hydrogens is 292 g/mol. The maximum Gasteiger partial charge on any atom is 0.336 e. The smallest absolute Gasteiger partial charge is 0.336 e. The van der Waals surface area contributed by atoms with E-state index in [1.807, 2.05) is 6.08 Å². The van der Waals surface area contributed by atoms with Crippen LogP contribution in [0.15, 0.2) is 46.8 Å². The first-order valence-electron chi connectivity index (χ1n) is 8.06. The summed E-state index contributed by atoms with van der Waals surface area (Å²) in [7, 11) is 0. The minimum absolute atomic E-state index is 0.132. The van der Waals surface area contributed by atoms with E-state index in [4.69, 9.17) is 9.47 Å². The number of carbonyl (C=O) groups is 1. The second kappa shape index (κ2) is 7.18. The highest BCUT2D eigenvalue weighted by atomic mass is 16.7. The minimum atomic E-state index is -0.704. The lowest BCUT2D eigenvalue weighted by atomic mass is 9.72. The van der Waals surface area contributed by atoms with Gasteiger partial charge in [0.25, 0.3) is 6.29 Å². The third-order valence-corrected chi connectivity index (χ3v) is 4.47. The van der Waals surface area contributed by atoms with Crippen molar-refractivity contribution in [3.8, 4) is 0 Å². The molecule has 4 heteroatoms. The molecule has 126 valence electrons. The van der Waals surface area contributed by atoms with E-state index in [1.165, 1.54) is 30.2 Å². The number of rotatable bonds is 5. The molecule has 4 nitrogen and oxygen atoms in total. The Bertz CT molecular complexity index is 590. The Hall–Kier alpha value is -1.81. The van der Waals surface area contributed by atoms with E-state index in [0.717, 1.165) is 6.42 Å². The van der Waals surface area contributed by atoms with Crippen molar-refractivity contribution < 1.29 is 19.4 Å². The Kier molecular flexibility index (Phi) is 5.47. The molecule has 0 saturated carbocycles. The van der Waals surface area contributed by atoms with Gasteiger partial charge in [-0.25, -0.2) is 4.79 Å². The van der Waals surface area contributed by atoms with Crippen LogP contribution in [0.1, 0.15) is 47.0 Å². The number of hydrogen-bond acceptors (Lipinski definition) is 4. The molecule has 1 aliphatic carbocycles. The summed E-state index contributed by atoms with van der Waals surface area (Å²) in [5, 5.41) is 9.49. The fourth-order valence-corrected chi connectivity index (χ4v) is 3.06. The fourth-order valence-electron chi connectivity index (χ4n) is 3.06. The van der Waals surface area contributed by atoms with Crippen LogP contribution in [-0.4, -0.2) is 24.0 Å². The molecule has 0 aromatic heterocycles. The Labute approximate surface area is 138 Å². The van der Waals surface area contributed by atoms with Gasteiger partial charge in [-0.05, 0) is 44.1 Å². The largest absolute Gasteiger partial charge is 0.458 e. The second-order valence-corrected chi connectivity index (χ2v) is 6.88. The van der Waals surface area contributed by atoms with Crippen LogP contribution in [0, 0.1) is 5.41 Å². The third-order valence-electron chi connectivity index (χ3n) is 4.47.